The molecule has 0 radical (unpaired) electrons. The predicted molar refractivity (Wildman–Crippen MR) is 113 cm³/mol. The van der Waals surface area contributed by atoms with Crippen LogP contribution in [0.3, 0.4) is 0 Å². The minimum absolute atomic E-state index is 0.685. The quantitative estimate of drug-likeness (QED) is 0.373. The van der Waals surface area contributed by atoms with E-state index in [-0.39, 0.29) is 0 Å². The lowest BCUT2D eigenvalue weighted by atomic mass is 10.1. The van der Waals surface area contributed by atoms with Crippen molar-refractivity contribution >= 4 is 11.6 Å². The summed E-state index contributed by atoms with van der Waals surface area (Å²) in [7, 11) is 1.78. The molecule has 0 saturated heterocycles. The van der Waals surface area contributed by atoms with Crippen LogP contribution in [-0.2, 0) is 19.5 Å². The summed E-state index contributed by atoms with van der Waals surface area (Å²) in [6.45, 7) is 2.14. The van der Waals surface area contributed by atoms with Crippen molar-refractivity contribution < 1.29 is 0 Å². The second-order valence-corrected chi connectivity index (χ2v) is 6.62. The Balaban J connectivity index is 1.32. The maximum absolute atomic E-state index is 4.32. The van der Waals surface area contributed by atoms with Gasteiger partial charge in [-0.3, -0.25) is 14.1 Å². The normalized spacial score (nSPS) is 11.7. The average molecular weight is 388 g/mol. The van der Waals surface area contributed by atoms with Crippen molar-refractivity contribution in [2.45, 2.75) is 19.5 Å². The molecule has 8 heteroatoms. The summed E-state index contributed by atoms with van der Waals surface area (Å²) < 4.78 is 3.93. The lowest BCUT2D eigenvalue weighted by Crippen LogP contribution is -2.38. The molecule has 0 atom stereocenters. The third-order valence-electron chi connectivity index (χ3n) is 4.71. The number of fused-ring (bicyclic) bond motifs is 1. The molecule has 0 aliphatic carbocycles. The van der Waals surface area contributed by atoms with Crippen LogP contribution in [0.1, 0.15) is 17.0 Å². The lowest BCUT2D eigenvalue weighted by Gasteiger charge is -2.14. The fraction of sp³-hybridized carbons (Fsp3) is 0.238. The highest BCUT2D eigenvalue weighted by atomic mass is 15.3. The summed E-state index contributed by atoms with van der Waals surface area (Å²) in [5.41, 5.74) is 3.31. The standard InChI is InChI=1S/C21H24N8/c1-22-21(23-12-10-20-27-26-19-9-4-5-14-29(19)20)24-15-17-7-2-3-8-18(17)16-28-13-6-11-25-28/h2-9,11,13-14H,10,12,15-16H2,1H3,(H2,22,23,24). The van der Waals surface area contributed by atoms with Crippen molar-refractivity contribution in [3.8, 4) is 0 Å². The molecule has 0 fully saturated rings. The van der Waals surface area contributed by atoms with Crippen LogP contribution < -0.4 is 10.6 Å². The highest BCUT2D eigenvalue weighted by Crippen LogP contribution is 2.10. The molecule has 0 bridgehead atoms. The van der Waals surface area contributed by atoms with Gasteiger partial charge in [-0.1, -0.05) is 30.3 Å². The summed E-state index contributed by atoms with van der Waals surface area (Å²) in [5, 5.41) is 19.5. The van der Waals surface area contributed by atoms with Gasteiger partial charge in [-0.25, -0.2) is 0 Å². The summed E-state index contributed by atoms with van der Waals surface area (Å²) in [6.07, 6.45) is 6.50. The number of aliphatic imine (C=N–C) groups is 1. The zero-order valence-corrected chi connectivity index (χ0v) is 16.4. The summed E-state index contributed by atoms with van der Waals surface area (Å²) in [5.74, 6) is 1.68. The van der Waals surface area contributed by atoms with Gasteiger partial charge in [-0.15, -0.1) is 10.2 Å². The van der Waals surface area contributed by atoms with Crippen LogP contribution in [0.2, 0.25) is 0 Å². The molecule has 1 aromatic carbocycles. The van der Waals surface area contributed by atoms with E-state index in [1.807, 2.05) is 45.7 Å². The van der Waals surface area contributed by atoms with Gasteiger partial charge >= 0.3 is 0 Å². The van der Waals surface area contributed by atoms with Gasteiger partial charge in [0, 0.05) is 45.1 Å². The van der Waals surface area contributed by atoms with Crippen LogP contribution in [0, 0.1) is 0 Å². The van der Waals surface area contributed by atoms with Crippen LogP contribution in [0.15, 0.2) is 72.1 Å². The smallest absolute Gasteiger partial charge is 0.191 e. The summed E-state index contributed by atoms with van der Waals surface area (Å²) in [6, 6.07) is 16.2. The van der Waals surface area contributed by atoms with E-state index < -0.39 is 0 Å². The molecule has 3 heterocycles. The SMILES string of the molecule is CN=C(NCCc1nnc2ccccn12)NCc1ccccc1Cn1cccn1. The fourth-order valence-corrected chi connectivity index (χ4v) is 3.21. The minimum Gasteiger partial charge on any atom is -0.356 e. The number of nitrogens with one attached hydrogen (secondary N) is 2. The zero-order valence-electron chi connectivity index (χ0n) is 16.4. The molecule has 0 aliphatic heterocycles. The first-order valence-corrected chi connectivity index (χ1v) is 9.61. The van der Waals surface area contributed by atoms with Crippen LogP contribution in [0.25, 0.3) is 5.65 Å². The van der Waals surface area contributed by atoms with E-state index in [0.717, 1.165) is 30.4 Å². The Morgan fingerprint density at radius 3 is 2.66 bits per heavy atom. The molecule has 29 heavy (non-hydrogen) atoms. The molecule has 0 aliphatic rings. The number of nitrogens with zero attached hydrogens (tertiary/aromatic N) is 6. The molecule has 0 saturated carbocycles. The van der Waals surface area contributed by atoms with E-state index in [2.05, 4.69) is 55.2 Å². The van der Waals surface area contributed by atoms with Crippen LogP contribution in [0.4, 0.5) is 0 Å². The van der Waals surface area contributed by atoms with Gasteiger partial charge in [0.1, 0.15) is 5.82 Å². The van der Waals surface area contributed by atoms with Gasteiger partial charge in [0.25, 0.3) is 0 Å². The van der Waals surface area contributed by atoms with Gasteiger partial charge in [-0.2, -0.15) is 5.10 Å². The predicted octanol–water partition coefficient (Wildman–Crippen LogP) is 1.88. The topological polar surface area (TPSA) is 84.4 Å². The maximum Gasteiger partial charge on any atom is 0.191 e. The number of benzene rings is 1. The monoisotopic (exact) mass is 388 g/mol. The zero-order chi connectivity index (χ0) is 19.9. The third kappa shape index (κ3) is 4.60. The van der Waals surface area contributed by atoms with Crippen LogP contribution >= 0.6 is 0 Å². The molecule has 8 nitrogen and oxygen atoms in total. The Kier molecular flexibility index (Phi) is 5.80. The van der Waals surface area contributed by atoms with E-state index in [1.54, 1.807) is 13.2 Å². The number of hydrogen-bond donors (Lipinski definition) is 2. The van der Waals surface area contributed by atoms with Crippen molar-refractivity contribution in [3.63, 3.8) is 0 Å². The Labute approximate surface area is 169 Å². The number of hydrogen-bond acceptors (Lipinski definition) is 4. The van der Waals surface area contributed by atoms with Crippen molar-refractivity contribution in [1.29, 1.82) is 0 Å². The summed E-state index contributed by atoms with van der Waals surface area (Å²) in [4.78, 5) is 4.32. The molecule has 0 amide bonds. The Bertz CT molecular complexity index is 1080. The van der Waals surface area contributed by atoms with Crippen molar-refractivity contribution in [1.82, 2.24) is 35.0 Å². The van der Waals surface area contributed by atoms with Gasteiger partial charge in [-0.05, 0) is 29.3 Å². The fourth-order valence-electron chi connectivity index (χ4n) is 3.21. The van der Waals surface area contributed by atoms with Gasteiger partial charge < -0.3 is 10.6 Å². The molecule has 0 spiro atoms. The van der Waals surface area contributed by atoms with E-state index in [0.29, 0.717) is 13.1 Å². The highest BCUT2D eigenvalue weighted by molar-refractivity contribution is 5.79. The van der Waals surface area contributed by atoms with Gasteiger partial charge in [0.05, 0.1) is 6.54 Å². The first-order valence-electron chi connectivity index (χ1n) is 9.61. The van der Waals surface area contributed by atoms with Crippen molar-refractivity contribution in [2.24, 2.45) is 4.99 Å². The molecular formula is C21H24N8. The Morgan fingerprint density at radius 1 is 0.966 bits per heavy atom. The summed E-state index contributed by atoms with van der Waals surface area (Å²) >= 11 is 0. The number of pyridine rings is 1. The maximum atomic E-state index is 4.32. The second-order valence-electron chi connectivity index (χ2n) is 6.62. The van der Waals surface area contributed by atoms with E-state index in [4.69, 9.17) is 0 Å². The number of guanidine groups is 1. The highest BCUT2D eigenvalue weighted by Gasteiger charge is 2.07. The van der Waals surface area contributed by atoms with Crippen molar-refractivity contribution in [2.75, 3.05) is 13.6 Å². The number of rotatable bonds is 7. The second kappa shape index (κ2) is 9.01. The van der Waals surface area contributed by atoms with E-state index >= 15 is 0 Å². The van der Waals surface area contributed by atoms with Crippen molar-refractivity contribution in [3.05, 3.63) is 84.1 Å². The molecule has 2 N–H and O–H groups in total. The van der Waals surface area contributed by atoms with Gasteiger partial charge in [0.15, 0.2) is 11.6 Å². The average Bonchev–Trinajstić information content (AvgIpc) is 3.41. The van der Waals surface area contributed by atoms with E-state index in [1.165, 1.54) is 11.1 Å². The first kappa shape index (κ1) is 18.7. The Hall–Kier alpha value is -3.68. The lowest BCUT2D eigenvalue weighted by molar-refractivity contribution is 0.677. The number of aromatic nitrogens is 5. The molecule has 4 aromatic rings. The molecule has 3 aromatic heterocycles. The molecular weight excluding hydrogens is 364 g/mol. The van der Waals surface area contributed by atoms with Crippen LogP contribution in [0.5, 0.6) is 0 Å². The molecule has 0 unspecified atom stereocenters. The molecule has 4 rings (SSSR count). The van der Waals surface area contributed by atoms with Crippen LogP contribution in [-0.4, -0.2) is 43.9 Å². The molecule has 148 valence electrons. The third-order valence-corrected chi connectivity index (χ3v) is 4.71. The minimum atomic E-state index is 0.685. The Morgan fingerprint density at radius 2 is 1.83 bits per heavy atom. The van der Waals surface area contributed by atoms with E-state index in [9.17, 15) is 0 Å². The first-order chi connectivity index (χ1) is 14.3. The largest absolute Gasteiger partial charge is 0.356 e. The van der Waals surface area contributed by atoms with Gasteiger partial charge in [0.2, 0.25) is 0 Å².